The largest absolute Gasteiger partial charge is 0.311 e. The van der Waals surface area contributed by atoms with Gasteiger partial charge in [-0.05, 0) is 32.2 Å². The zero-order valence-corrected chi connectivity index (χ0v) is 13.9. The van der Waals surface area contributed by atoms with Crippen molar-refractivity contribution in [2.75, 3.05) is 19.6 Å². The van der Waals surface area contributed by atoms with E-state index < -0.39 is 0 Å². The van der Waals surface area contributed by atoms with E-state index in [4.69, 9.17) is 0 Å². The fraction of sp³-hybridized carbons (Fsp3) is 1.00. The lowest BCUT2D eigenvalue weighted by atomic mass is 9.78. The smallest absolute Gasteiger partial charge is 0.0334 e. The molecule has 20 heavy (non-hydrogen) atoms. The van der Waals surface area contributed by atoms with Gasteiger partial charge in [0, 0.05) is 24.7 Å². The summed E-state index contributed by atoms with van der Waals surface area (Å²) in [6.45, 7) is 8.53. The highest BCUT2D eigenvalue weighted by molar-refractivity contribution is 5.00. The van der Waals surface area contributed by atoms with Gasteiger partial charge in [0.15, 0.2) is 0 Å². The van der Waals surface area contributed by atoms with Gasteiger partial charge in [0.2, 0.25) is 0 Å². The summed E-state index contributed by atoms with van der Waals surface area (Å²) in [5, 5.41) is 3.83. The number of unbranched alkanes of at least 4 members (excludes halogenated alkanes) is 4. The first-order valence-corrected chi connectivity index (χ1v) is 9.29. The maximum atomic E-state index is 3.83. The van der Waals surface area contributed by atoms with Crippen molar-refractivity contribution < 1.29 is 0 Å². The van der Waals surface area contributed by atoms with Gasteiger partial charge in [0.05, 0.1) is 0 Å². The molecule has 0 radical (unpaired) electrons. The van der Waals surface area contributed by atoms with Crippen molar-refractivity contribution >= 4 is 0 Å². The van der Waals surface area contributed by atoms with Crippen LogP contribution in [0.1, 0.15) is 84.5 Å². The number of piperazine rings is 1. The summed E-state index contributed by atoms with van der Waals surface area (Å²) >= 11 is 0. The van der Waals surface area contributed by atoms with E-state index in [1.807, 2.05) is 0 Å². The molecule has 1 unspecified atom stereocenters. The van der Waals surface area contributed by atoms with Gasteiger partial charge < -0.3 is 5.32 Å². The standard InChI is InChI=1S/C18H36N2/c1-3-5-6-7-11-14-20-15-17(4-2)19-16-18(20)12-9-8-10-13-18/h17,19H,3-16H2,1-2H3. The van der Waals surface area contributed by atoms with Crippen LogP contribution in [-0.4, -0.2) is 36.1 Å². The molecule has 1 saturated carbocycles. The van der Waals surface area contributed by atoms with E-state index in [0.717, 1.165) is 6.04 Å². The second kappa shape index (κ2) is 8.38. The Balaban J connectivity index is 1.85. The van der Waals surface area contributed by atoms with Gasteiger partial charge in [0.1, 0.15) is 0 Å². The Morgan fingerprint density at radius 1 is 1.00 bits per heavy atom. The highest BCUT2D eigenvalue weighted by Crippen LogP contribution is 2.35. The second-order valence-corrected chi connectivity index (χ2v) is 7.13. The molecule has 1 aliphatic heterocycles. The molecule has 0 bridgehead atoms. The minimum absolute atomic E-state index is 0.522. The summed E-state index contributed by atoms with van der Waals surface area (Å²) in [5.41, 5.74) is 0.522. The Bertz CT molecular complexity index is 258. The molecule has 1 atom stereocenters. The molecule has 1 aliphatic carbocycles. The molecule has 1 heterocycles. The zero-order valence-electron chi connectivity index (χ0n) is 13.9. The first-order valence-electron chi connectivity index (χ1n) is 9.29. The first-order chi connectivity index (χ1) is 9.80. The van der Waals surface area contributed by atoms with Crippen molar-refractivity contribution in [2.24, 2.45) is 0 Å². The van der Waals surface area contributed by atoms with E-state index in [1.54, 1.807) is 0 Å². The number of nitrogens with zero attached hydrogens (tertiary/aromatic N) is 1. The molecule has 0 amide bonds. The molecule has 1 saturated heterocycles. The Hall–Kier alpha value is -0.0800. The maximum Gasteiger partial charge on any atom is 0.0334 e. The molecule has 2 nitrogen and oxygen atoms in total. The molecule has 2 aliphatic rings. The van der Waals surface area contributed by atoms with E-state index in [2.05, 4.69) is 24.1 Å². The summed E-state index contributed by atoms with van der Waals surface area (Å²) in [6, 6.07) is 0.734. The van der Waals surface area contributed by atoms with Crippen LogP contribution in [0.3, 0.4) is 0 Å². The van der Waals surface area contributed by atoms with Crippen molar-refractivity contribution in [3.05, 3.63) is 0 Å². The fourth-order valence-corrected chi connectivity index (χ4v) is 4.18. The summed E-state index contributed by atoms with van der Waals surface area (Å²) in [7, 11) is 0. The molecule has 2 heteroatoms. The monoisotopic (exact) mass is 280 g/mol. The number of rotatable bonds is 7. The van der Waals surface area contributed by atoms with Gasteiger partial charge in [-0.2, -0.15) is 0 Å². The van der Waals surface area contributed by atoms with Gasteiger partial charge in [-0.25, -0.2) is 0 Å². The predicted molar refractivity (Wildman–Crippen MR) is 88.2 cm³/mol. The highest BCUT2D eigenvalue weighted by Gasteiger charge is 2.41. The van der Waals surface area contributed by atoms with Crippen LogP contribution in [0.15, 0.2) is 0 Å². The normalized spacial score (nSPS) is 27.0. The molecule has 0 aromatic heterocycles. The topological polar surface area (TPSA) is 15.3 Å². The van der Waals surface area contributed by atoms with Gasteiger partial charge in [0.25, 0.3) is 0 Å². The van der Waals surface area contributed by atoms with Crippen molar-refractivity contribution in [2.45, 2.75) is 96.1 Å². The molecule has 1 spiro atoms. The van der Waals surface area contributed by atoms with Crippen molar-refractivity contribution in [1.82, 2.24) is 10.2 Å². The quantitative estimate of drug-likeness (QED) is 0.698. The van der Waals surface area contributed by atoms with Crippen LogP contribution in [0.5, 0.6) is 0 Å². The third-order valence-corrected chi connectivity index (χ3v) is 5.64. The Labute approximate surface area is 126 Å². The number of hydrogen-bond acceptors (Lipinski definition) is 2. The Morgan fingerprint density at radius 2 is 1.75 bits per heavy atom. The Kier molecular flexibility index (Phi) is 6.83. The minimum atomic E-state index is 0.522. The summed E-state index contributed by atoms with van der Waals surface area (Å²) in [6.07, 6.45) is 15.6. The number of nitrogens with one attached hydrogen (secondary N) is 1. The van der Waals surface area contributed by atoms with Gasteiger partial charge in [-0.15, -0.1) is 0 Å². The summed E-state index contributed by atoms with van der Waals surface area (Å²) < 4.78 is 0. The van der Waals surface area contributed by atoms with E-state index in [0.29, 0.717) is 5.54 Å². The number of hydrogen-bond donors (Lipinski definition) is 1. The molecule has 0 aromatic carbocycles. The Morgan fingerprint density at radius 3 is 2.45 bits per heavy atom. The van der Waals surface area contributed by atoms with Gasteiger partial charge in [-0.3, -0.25) is 4.90 Å². The lowest BCUT2D eigenvalue weighted by molar-refractivity contribution is 0.00810. The van der Waals surface area contributed by atoms with Crippen LogP contribution in [-0.2, 0) is 0 Å². The third kappa shape index (κ3) is 4.21. The third-order valence-electron chi connectivity index (χ3n) is 5.64. The summed E-state index contributed by atoms with van der Waals surface area (Å²) in [5.74, 6) is 0. The van der Waals surface area contributed by atoms with Crippen molar-refractivity contribution in [3.63, 3.8) is 0 Å². The van der Waals surface area contributed by atoms with E-state index in [9.17, 15) is 0 Å². The van der Waals surface area contributed by atoms with Crippen LogP contribution in [0.4, 0.5) is 0 Å². The van der Waals surface area contributed by atoms with Crippen LogP contribution in [0.25, 0.3) is 0 Å². The SMILES string of the molecule is CCCCCCCN1CC(CC)NCC12CCCCC2. The molecule has 118 valence electrons. The second-order valence-electron chi connectivity index (χ2n) is 7.13. The minimum Gasteiger partial charge on any atom is -0.311 e. The zero-order chi connectivity index (χ0) is 14.3. The average Bonchev–Trinajstić information content (AvgIpc) is 2.50. The van der Waals surface area contributed by atoms with Crippen LogP contribution >= 0.6 is 0 Å². The lowest BCUT2D eigenvalue weighted by Gasteiger charge is -2.52. The highest BCUT2D eigenvalue weighted by atomic mass is 15.3. The van der Waals surface area contributed by atoms with Crippen molar-refractivity contribution in [1.29, 1.82) is 0 Å². The molecular formula is C18H36N2. The lowest BCUT2D eigenvalue weighted by Crippen LogP contribution is -2.65. The first kappa shape index (κ1) is 16.3. The van der Waals surface area contributed by atoms with E-state index >= 15 is 0 Å². The molecule has 1 N–H and O–H groups in total. The molecular weight excluding hydrogens is 244 g/mol. The van der Waals surface area contributed by atoms with Crippen LogP contribution in [0, 0.1) is 0 Å². The predicted octanol–water partition coefficient (Wildman–Crippen LogP) is 4.34. The summed E-state index contributed by atoms with van der Waals surface area (Å²) in [4.78, 5) is 2.89. The molecule has 0 aromatic rings. The van der Waals surface area contributed by atoms with Gasteiger partial charge in [-0.1, -0.05) is 58.8 Å². The van der Waals surface area contributed by atoms with Crippen molar-refractivity contribution in [3.8, 4) is 0 Å². The van der Waals surface area contributed by atoms with Crippen LogP contribution < -0.4 is 5.32 Å². The molecule has 2 rings (SSSR count). The average molecular weight is 281 g/mol. The van der Waals surface area contributed by atoms with E-state index in [1.165, 1.54) is 90.3 Å². The molecule has 2 fully saturated rings. The van der Waals surface area contributed by atoms with Crippen LogP contribution in [0.2, 0.25) is 0 Å². The fourth-order valence-electron chi connectivity index (χ4n) is 4.18. The van der Waals surface area contributed by atoms with Gasteiger partial charge >= 0.3 is 0 Å². The maximum absolute atomic E-state index is 3.83. The van der Waals surface area contributed by atoms with E-state index in [-0.39, 0.29) is 0 Å².